The Morgan fingerprint density at radius 1 is 1.43 bits per heavy atom. The molecule has 1 amide bonds. The van der Waals surface area contributed by atoms with E-state index in [-0.39, 0.29) is 11.3 Å². The molecule has 23 heavy (non-hydrogen) atoms. The van der Waals surface area contributed by atoms with Crippen molar-refractivity contribution in [1.82, 2.24) is 4.90 Å². The summed E-state index contributed by atoms with van der Waals surface area (Å²) in [6.45, 7) is 7.91. The number of halogens is 1. The van der Waals surface area contributed by atoms with Gasteiger partial charge >= 0.3 is 0 Å². The van der Waals surface area contributed by atoms with Crippen LogP contribution in [0.25, 0.3) is 0 Å². The maximum atomic E-state index is 12.4. The fourth-order valence-corrected chi connectivity index (χ4v) is 3.02. The van der Waals surface area contributed by atoms with Crippen LogP contribution in [-0.2, 0) is 4.79 Å². The van der Waals surface area contributed by atoms with Crippen molar-refractivity contribution in [3.8, 4) is 5.75 Å². The van der Waals surface area contributed by atoms with E-state index < -0.39 is 0 Å². The van der Waals surface area contributed by atoms with Crippen LogP contribution >= 0.6 is 11.6 Å². The summed E-state index contributed by atoms with van der Waals surface area (Å²) in [6, 6.07) is 5.00. The van der Waals surface area contributed by atoms with Crippen LogP contribution in [0.1, 0.15) is 44.0 Å². The molecule has 1 fully saturated rings. The first-order chi connectivity index (χ1) is 10.8. The van der Waals surface area contributed by atoms with Gasteiger partial charge in [-0.25, -0.2) is 0 Å². The molecule has 0 saturated carbocycles. The number of benzene rings is 1. The summed E-state index contributed by atoms with van der Waals surface area (Å²) in [5, 5.41) is 0.438. The van der Waals surface area contributed by atoms with Crippen LogP contribution in [0.5, 0.6) is 5.75 Å². The number of carbonyl (C=O) groups excluding carboxylic acids is 2. The molecule has 0 aromatic heterocycles. The van der Waals surface area contributed by atoms with Crippen molar-refractivity contribution in [2.75, 3.05) is 19.7 Å². The van der Waals surface area contributed by atoms with E-state index >= 15 is 0 Å². The molecule has 2 rings (SSSR count). The minimum Gasteiger partial charge on any atom is -0.492 e. The minimum absolute atomic E-state index is 0.190. The highest BCUT2D eigenvalue weighted by atomic mass is 35.5. The van der Waals surface area contributed by atoms with Crippen LogP contribution in [0.4, 0.5) is 0 Å². The first-order valence-electron chi connectivity index (χ1n) is 7.98. The molecular weight excluding hydrogens is 314 g/mol. The van der Waals surface area contributed by atoms with E-state index in [2.05, 4.69) is 0 Å². The van der Waals surface area contributed by atoms with E-state index in [0.717, 1.165) is 32.2 Å². The monoisotopic (exact) mass is 337 g/mol. The van der Waals surface area contributed by atoms with Crippen LogP contribution in [-0.4, -0.2) is 36.8 Å². The van der Waals surface area contributed by atoms with Crippen LogP contribution in [0.15, 0.2) is 18.2 Å². The molecule has 0 aliphatic carbocycles. The second-order valence-electron chi connectivity index (χ2n) is 7.13. The molecule has 1 aromatic carbocycles. The summed E-state index contributed by atoms with van der Waals surface area (Å²) in [6.07, 6.45) is 2.79. The van der Waals surface area contributed by atoms with Crippen molar-refractivity contribution in [2.45, 2.75) is 33.6 Å². The highest BCUT2D eigenvalue weighted by molar-refractivity contribution is 6.32. The Kier molecular flexibility index (Phi) is 5.69. The van der Waals surface area contributed by atoms with Gasteiger partial charge in [-0.2, -0.15) is 0 Å². The third kappa shape index (κ3) is 4.71. The first kappa shape index (κ1) is 17.8. The predicted octanol–water partition coefficient (Wildman–Crippen LogP) is 3.82. The van der Waals surface area contributed by atoms with E-state index in [1.165, 1.54) is 0 Å². The molecule has 1 aromatic rings. The zero-order chi connectivity index (χ0) is 17.0. The highest BCUT2D eigenvalue weighted by Gasteiger charge is 2.31. The molecule has 5 heteroatoms. The number of nitrogens with zero attached hydrogens (tertiary/aromatic N) is 1. The number of carbonyl (C=O) groups is 2. The van der Waals surface area contributed by atoms with Gasteiger partial charge in [0.2, 0.25) is 5.91 Å². The van der Waals surface area contributed by atoms with Gasteiger partial charge in [-0.1, -0.05) is 32.4 Å². The summed E-state index contributed by atoms with van der Waals surface area (Å²) >= 11 is 6.12. The Hall–Kier alpha value is -1.55. The van der Waals surface area contributed by atoms with Gasteiger partial charge in [0, 0.05) is 30.0 Å². The van der Waals surface area contributed by atoms with Crippen LogP contribution in [0.3, 0.4) is 0 Å². The van der Waals surface area contributed by atoms with Gasteiger partial charge in [0.25, 0.3) is 0 Å². The molecular formula is C18H24ClNO3. The maximum Gasteiger partial charge on any atom is 0.227 e. The lowest BCUT2D eigenvalue weighted by molar-refractivity contribution is -0.141. The molecule has 1 aliphatic rings. The average Bonchev–Trinajstić information content (AvgIpc) is 2.52. The summed E-state index contributed by atoms with van der Waals surface area (Å²) in [5.41, 5.74) is 0.179. The van der Waals surface area contributed by atoms with E-state index in [0.29, 0.717) is 28.9 Å². The standard InChI is InChI=1S/C18H24ClNO3/c1-18(2,3)17(22)20-8-4-5-14(10-20)12-23-16-7-6-13(11-21)9-15(16)19/h6-7,9,11,14H,4-5,8,10,12H2,1-3H3/t14-/m1/s1. The molecule has 0 unspecified atom stereocenters. The predicted molar refractivity (Wildman–Crippen MR) is 91.1 cm³/mol. The van der Waals surface area contributed by atoms with Gasteiger partial charge in [0.15, 0.2) is 0 Å². The lowest BCUT2D eigenvalue weighted by atomic mass is 9.91. The van der Waals surface area contributed by atoms with Crippen LogP contribution in [0, 0.1) is 11.3 Å². The van der Waals surface area contributed by atoms with Crippen molar-refractivity contribution >= 4 is 23.8 Å². The zero-order valence-electron chi connectivity index (χ0n) is 14.0. The third-order valence-corrected chi connectivity index (χ3v) is 4.31. The van der Waals surface area contributed by atoms with Gasteiger partial charge in [-0.15, -0.1) is 0 Å². The molecule has 1 heterocycles. The number of hydrogen-bond donors (Lipinski definition) is 0. The van der Waals surface area contributed by atoms with Crippen molar-refractivity contribution in [2.24, 2.45) is 11.3 Å². The van der Waals surface area contributed by atoms with Crippen LogP contribution in [0.2, 0.25) is 5.02 Å². The number of hydrogen-bond acceptors (Lipinski definition) is 3. The van der Waals surface area contributed by atoms with Gasteiger partial charge in [-0.05, 0) is 31.0 Å². The Labute approximate surface area is 142 Å². The van der Waals surface area contributed by atoms with Crippen LogP contribution < -0.4 is 4.74 Å². The maximum absolute atomic E-state index is 12.4. The van der Waals surface area contributed by atoms with Gasteiger partial charge in [0.1, 0.15) is 12.0 Å². The fraction of sp³-hybridized carbons (Fsp3) is 0.556. The molecule has 0 bridgehead atoms. The molecule has 1 saturated heterocycles. The molecule has 1 atom stereocenters. The van der Waals surface area contributed by atoms with Gasteiger partial charge in [-0.3, -0.25) is 9.59 Å². The van der Waals surface area contributed by atoms with E-state index in [9.17, 15) is 9.59 Å². The first-order valence-corrected chi connectivity index (χ1v) is 8.36. The Balaban J connectivity index is 1.93. The lowest BCUT2D eigenvalue weighted by Gasteiger charge is -2.36. The fourth-order valence-electron chi connectivity index (χ4n) is 2.77. The van der Waals surface area contributed by atoms with E-state index in [4.69, 9.17) is 16.3 Å². The Bertz CT molecular complexity index is 580. The summed E-state index contributed by atoms with van der Waals surface area (Å²) < 4.78 is 5.80. The van der Waals surface area contributed by atoms with Crippen molar-refractivity contribution in [3.05, 3.63) is 28.8 Å². The van der Waals surface area contributed by atoms with Gasteiger partial charge in [0.05, 0.1) is 11.6 Å². The molecule has 0 N–H and O–H groups in total. The SMILES string of the molecule is CC(C)(C)C(=O)N1CCC[C@@H](COc2ccc(C=O)cc2Cl)C1. The largest absolute Gasteiger partial charge is 0.492 e. The molecule has 1 aliphatic heterocycles. The van der Waals surface area contributed by atoms with Gasteiger partial charge < -0.3 is 9.64 Å². The number of rotatable bonds is 4. The number of ether oxygens (including phenoxy) is 1. The Morgan fingerprint density at radius 3 is 2.78 bits per heavy atom. The highest BCUT2D eigenvalue weighted by Crippen LogP contribution is 2.27. The topological polar surface area (TPSA) is 46.6 Å². The summed E-state index contributed by atoms with van der Waals surface area (Å²) in [7, 11) is 0. The number of amides is 1. The normalized spacial score (nSPS) is 18.6. The smallest absolute Gasteiger partial charge is 0.227 e. The summed E-state index contributed by atoms with van der Waals surface area (Å²) in [4.78, 5) is 25.1. The number of likely N-dealkylation sites (tertiary alicyclic amines) is 1. The molecule has 126 valence electrons. The van der Waals surface area contributed by atoms with E-state index in [1.807, 2.05) is 25.7 Å². The average molecular weight is 338 g/mol. The molecule has 0 radical (unpaired) electrons. The van der Waals surface area contributed by atoms with Crippen molar-refractivity contribution < 1.29 is 14.3 Å². The second-order valence-corrected chi connectivity index (χ2v) is 7.54. The number of piperidine rings is 1. The zero-order valence-corrected chi connectivity index (χ0v) is 14.7. The van der Waals surface area contributed by atoms with E-state index in [1.54, 1.807) is 18.2 Å². The molecule has 0 spiro atoms. The quantitative estimate of drug-likeness (QED) is 0.785. The van der Waals surface area contributed by atoms with Crippen molar-refractivity contribution in [3.63, 3.8) is 0 Å². The third-order valence-electron chi connectivity index (χ3n) is 4.01. The molecule has 4 nitrogen and oxygen atoms in total. The van der Waals surface area contributed by atoms with Crippen molar-refractivity contribution in [1.29, 1.82) is 0 Å². The number of aldehydes is 1. The minimum atomic E-state index is -0.350. The Morgan fingerprint density at radius 2 is 2.17 bits per heavy atom. The summed E-state index contributed by atoms with van der Waals surface area (Å²) in [5.74, 6) is 1.07. The second kappa shape index (κ2) is 7.35. The lowest BCUT2D eigenvalue weighted by Crippen LogP contribution is -2.46.